The highest BCUT2D eigenvalue weighted by Gasteiger charge is 2.21. The highest BCUT2D eigenvalue weighted by atomic mass is 15.3. The third kappa shape index (κ3) is 3.74. The van der Waals surface area contributed by atoms with Gasteiger partial charge in [-0.3, -0.25) is 9.55 Å². The molecule has 30 heavy (non-hydrogen) atoms. The third-order valence-electron chi connectivity index (χ3n) is 5.91. The second kappa shape index (κ2) is 8.38. The second-order valence-electron chi connectivity index (χ2n) is 7.91. The monoisotopic (exact) mass is 401 g/mol. The Labute approximate surface area is 175 Å². The van der Waals surface area contributed by atoms with Gasteiger partial charge in [0, 0.05) is 50.0 Å². The summed E-state index contributed by atoms with van der Waals surface area (Å²) in [4.78, 5) is 16.6. The Morgan fingerprint density at radius 2 is 1.80 bits per heavy atom. The van der Waals surface area contributed by atoms with E-state index in [1.54, 1.807) is 0 Å². The summed E-state index contributed by atoms with van der Waals surface area (Å²) in [5.41, 5.74) is 9.71. The fourth-order valence-electron chi connectivity index (χ4n) is 4.35. The maximum absolute atomic E-state index is 5.71. The standard InChI is InChI=1S/C23H27N7/c24-10-15-29-13-8-19(9-14-29)27-23-28-20-7-3-12-26-22(20)30(23)16-18-5-1-4-17-6-2-11-25-21(17)18/h1-7,11-12,19H,8-10,13-16,24H2,(H,27,28). The zero-order valence-electron chi connectivity index (χ0n) is 17.0. The lowest BCUT2D eigenvalue weighted by atomic mass is 10.1. The van der Waals surface area contributed by atoms with Gasteiger partial charge >= 0.3 is 0 Å². The maximum atomic E-state index is 5.71. The average molecular weight is 402 g/mol. The Kier molecular flexibility index (Phi) is 5.29. The number of imidazole rings is 1. The molecule has 7 nitrogen and oxygen atoms in total. The first-order valence-corrected chi connectivity index (χ1v) is 10.6. The smallest absolute Gasteiger partial charge is 0.205 e. The van der Waals surface area contributed by atoms with Gasteiger partial charge in [0.15, 0.2) is 5.65 Å². The van der Waals surface area contributed by atoms with Crippen LogP contribution in [0.5, 0.6) is 0 Å². The number of likely N-dealkylation sites (tertiary alicyclic amines) is 1. The zero-order chi connectivity index (χ0) is 20.3. The predicted molar refractivity (Wildman–Crippen MR) is 121 cm³/mol. The van der Waals surface area contributed by atoms with Crippen molar-refractivity contribution >= 4 is 28.0 Å². The molecule has 1 aliphatic heterocycles. The van der Waals surface area contributed by atoms with Gasteiger partial charge in [-0.25, -0.2) is 9.97 Å². The molecule has 3 aromatic heterocycles. The van der Waals surface area contributed by atoms with Crippen LogP contribution in [0.3, 0.4) is 0 Å². The van der Waals surface area contributed by atoms with Crippen molar-refractivity contribution < 1.29 is 0 Å². The van der Waals surface area contributed by atoms with Crippen LogP contribution in [0, 0.1) is 0 Å². The van der Waals surface area contributed by atoms with Crippen molar-refractivity contribution in [1.29, 1.82) is 0 Å². The zero-order valence-corrected chi connectivity index (χ0v) is 17.0. The number of para-hydroxylation sites is 1. The van der Waals surface area contributed by atoms with E-state index >= 15 is 0 Å². The quantitative estimate of drug-likeness (QED) is 0.517. The Balaban J connectivity index is 1.46. The van der Waals surface area contributed by atoms with Crippen LogP contribution in [-0.4, -0.2) is 56.6 Å². The van der Waals surface area contributed by atoms with E-state index in [0.717, 1.165) is 67.0 Å². The molecule has 0 saturated carbocycles. The largest absolute Gasteiger partial charge is 0.353 e. The van der Waals surface area contributed by atoms with Crippen LogP contribution >= 0.6 is 0 Å². The number of hydrogen-bond donors (Lipinski definition) is 2. The maximum Gasteiger partial charge on any atom is 0.205 e. The first-order valence-electron chi connectivity index (χ1n) is 10.6. The van der Waals surface area contributed by atoms with Crippen molar-refractivity contribution in [3.8, 4) is 0 Å². The van der Waals surface area contributed by atoms with Gasteiger partial charge < -0.3 is 16.0 Å². The van der Waals surface area contributed by atoms with Crippen molar-refractivity contribution in [2.45, 2.75) is 25.4 Å². The molecule has 0 radical (unpaired) electrons. The number of pyridine rings is 2. The van der Waals surface area contributed by atoms with Gasteiger partial charge in [-0.1, -0.05) is 24.3 Å². The van der Waals surface area contributed by atoms with Gasteiger partial charge in [0.1, 0.15) is 5.52 Å². The van der Waals surface area contributed by atoms with Crippen LogP contribution in [0.4, 0.5) is 5.95 Å². The number of nitrogens with one attached hydrogen (secondary N) is 1. The predicted octanol–water partition coefficient (Wildman–Crippen LogP) is 2.86. The van der Waals surface area contributed by atoms with Crippen LogP contribution in [0.15, 0.2) is 54.9 Å². The number of benzene rings is 1. The summed E-state index contributed by atoms with van der Waals surface area (Å²) in [5.74, 6) is 0.883. The number of rotatable bonds is 6. The SMILES string of the molecule is NCCN1CCC(Nc2nc3cccnc3n2Cc2cccc3cccnc23)CC1. The van der Waals surface area contributed by atoms with E-state index < -0.39 is 0 Å². The molecule has 4 heterocycles. The van der Waals surface area contributed by atoms with E-state index in [9.17, 15) is 0 Å². The van der Waals surface area contributed by atoms with Crippen molar-refractivity contribution in [3.63, 3.8) is 0 Å². The van der Waals surface area contributed by atoms with Crippen LogP contribution < -0.4 is 11.1 Å². The summed E-state index contributed by atoms with van der Waals surface area (Å²) in [6, 6.07) is 14.8. The van der Waals surface area contributed by atoms with Gasteiger partial charge in [-0.2, -0.15) is 0 Å². The van der Waals surface area contributed by atoms with Crippen LogP contribution in [0.1, 0.15) is 18.4 Å². The van der Waals surface area contributed by atoms with E-state index in [-0.39, 0.29) is 0 Å². The Bertz CT molecular complexity index is 1140. The molecule has 1 fully saturated rings. The fraction of sp³-hybridized carbons (Fsp3) is 0.348. The fourth-order valence-corrected chi connectivity index (χ4v) is 4.35. The Hall–Kier alpha value is -3.03. The normalized spacial score (nSPS) is 15.8. The highest BCUT2D eigenvalue weighted by molar-refractivity contribution is 5.82. The lowest BCUT2D eigenvalue weighted by Gasteiger charge is -2.32. The van der Waals surface area contributed by atoms with Gasteiger partial charge in [-0.15, -0.1) is 0 Å². The van der Waals surface area contributed by atoms with E-state index in [2.05, 4.69) is 49.0 Å². The molecule has 1 saturated heterocycles. The topological polar surface area (TPSA) is 84.9 Å². The van der Waals surface area contributed by atoms with E-state index in [1.807, 2.05) is 30.6 Å². The summed E-state index contributed by atoms with van der Waals surface area (Å²) in [6.07, 6.45) is 5.86. The number of hydrogen-bond acceptors (Lipinski definition) is 6. The number of aromatic nitrogens is 4. The van der Waals surface area contributed by atoms with Gasteiger partial charge in [0.2, 0.25) is 5.95 Å². The molecule has 0 spiro atoms. The molecular formula is C23H27N7. The molecule has 3 N–H and O–H groups in total. The first-order chi connectivity index (χ1) is 14.8. The number of fused-ring (bicyclic) bond motifs is 2. The van der Waals surface area contributed by atoms with Gasteiger partial charge in [0.05, 0.1) is 12.1 Å². The lowest BCUT2D eigenvalue weighted by molar-refractivity contribution is 0.224. The second-order valence-corrected chi connectivity index (χ2v) is 7.91. The summed E-state index contributed by atoms with van der Waals surface area (Å²) < 4.78 is 2.19. The molecule has 0 unspecified atom stereocenters. The molecule has 5 rings (SSSR count). The Morgan fingerprint density at radius 1 is 1.00 bits per heavy atom. The van der Waals surface area contributed by atoms with Crippen molar-refractivity contribution in [3.05, 3.63) is 60.4 Å². The van der Waals surface area contributed by atoms with Gasteiger partial charge in [0.25, 0.3) is 0 Å². The molecule has 154 valence electrons. The Morgan fingerprint density at radius 3 is 2.67 bits per heavy atom. The van der Waals surface area contributed by atoms with Crippen LogP contribution in [0.25, 0.3) is 22.1 Å². The number of anilines is 1. The molecule has 1 aliphatic rings. The lowest BCUT2D eigenvalue weighted by Crippen LogP contribution is -2.41. The van der Waals surface area contributed by atoms with Gasteiger partial charge in [-0.05, 0) is 36.6 Å². The van der Waals surface area contributed by atoms with Crippen molar-refractivity contribution in [2.24, 2.45) is 5.73 Å². The molecule has 0 bridgehead atoms. The minimum absolute atomic E-state index is 0.403. The van der Waals surface area contributed by atoms with Crippen molar-refractivity contribution in [1.82, 2.24) is 24.4 Å². The third-order valence-corrected chi connectivity index (χ3v) is 5.91. The summed E-state index contributed by atoms with van der Waals surface area (Å²) in [6.45, 7) is 4.51. The molecular weight excluding hydrogens is 374 g/mol. The minimum Gasteiger partial charge on any atom is -0.353 e. The van der Waals surface area contributed by atoms with Crippen LogP contribution in [-0.2, 0) is 6.54 Å². The average Bonchev–Trinajstić information content (AvgIpc) is 3.12. The highest BCUT2D eigenvalue weighted by Crippen LogP contribution is 2.24. The summed E-state index contributed by atoms with van der Waals surface area (Å²) >= 11 is 0. The summed E-state index contributed by atoms with van der Waals surface area (Å²) in [7, 11) is 0. The molecule has 0 atom stereocenters. The van der Waals surface area contributed by atoms with E-state index in [0.29, 0.717) is 12.6 Å². The molecule has 4 aromatic rings. The van der Waals surface area contributed by atoms with E-state index in [4.69, 9.17) is 10.7 Å². The number of nitrogens with two attached hydrogens (primary N) is 1. The number of piperidine rings is 1. The molecule has 1 aromatic carbocycles. The molecule has 0 aliphatic carbocycles. The first kappa shape index (κ1) is 19.0. The molecule has 0 amide bonds. The van der Waals surface area contributed by atoms with Crippen LogP contribution in [0.2, 0.25) is 0 Å². The van der Waals surface area contributed by atoms with Crippen molar-refractivity contribution in [2.75, 3.05) is 31.5 Å². The summed E-state index contributed by atoms with van der Waals surface area (Å²) in [5, 5.41) is 4.85. The molecule has 7 heteroatoms. The van der Waals surface area contributed by atoms with E-state index in [1.165, 1.54) is 5.56 Å². The minimum atomic E-state index is 0.403. The number of nitrogens with zero attached hydrogens (tertiary/aromatic N) is 5.